The molecule has 0 aromatic heterocycles. The topological polar surface area (TPSA) is 66.8 Å². The monoisotopic (exact) mass is 202 g/mol. The molecular formula is C10H18O4. The van der Waals surface area contributed by atoms with Crippen LogP contribution in [0.4, 0.5) is 0 Å². The van der Waals surface area contributed by atoms with Crippen molar-refractivity contribution in [3.8, 4) is 0 Å². The van der Waals surface area contributed by atoms with Crippen LogP contribution in [0, 0.1) is 5.41 Å². The second-order valence-corrected chi connectivity index (χ2v) is 4.74. The van der Waals surface area contributed by atoms with Gasteiger partial charge in [0.15, 0.2) is 6.10 Å². The van der Waals surface area contributed by atoms with Gasteiger partial charge in [-0.25, -0.2) is 4.79 Å². The van der Waals surface area contributed by atoms with Gasteiger partial charge >= 0.3 is 5.97 Å². The van der Waals surface area contributed by atoms with Gasteiger partial charge in [0, 0.05) is 12.5 Å². The van der Waals surface area contributed by atoms with Crippen molar-refractivity contribution in [3.05, 3.63) is 0 Å². The molecule has 2 N–H and O–H groups in total. The number of carboxylic acid groups (broad SMARTS) is 1. The van der Waals surface area contributed by atoms with Crippen molar-refractivity contribution in [1.82, 2.24) is 0 Å². The van der Waals surface area contributed by atoms with Crippen molar-refractivity contribution in [2.75, 3.05) is 7.11 Å². The van der Waals surface area contributed by atoms with E-state index in [1.807, 2.05) is 13.8 Å². The smallest absolute Gasteiger partial charge is 0.333 e. The van der Waals surface area contributed by atoms with Crippen LogP contribution in [-0.2, 0) is 9.53 Å². The predicted octanol–water partition coefficient (Wildman–Crippen LogP) is 1.03. The van der Waals surface area contributed by atoms with Crippen LogP contribution in [-0.4, -0.2) is 35.0 Å². The molecule has 4 nitrogen and oxygen atoms in total. The van der Waals surface area contributed by atoms with Crippen LogP contribution in [0.1, 0.15) is 33.1 Å². The molecule has 0 aromatic carbocycles. The molecule has 0 aliphatic heterocycles. The molecule has 0 heterocycles. The van der Waals surface area contributed by atoms with E-state index in [1.54, 1.807) is 7.11 Å². The molecule has 1 unspecified atom stereocenters. The molecule has 1 fully saturated rings. The first-order valence-corrected chi connectivity index (χ1v) is 4.79. The van der Waals surface area contributed by atoms with E-state index in [0.717, 1.165) is 12.8 Å². The van der Waals surface area contributed by atoms with Gasteiger partial charge in [0.2, 0.25) is 0 Å². The van der Waals surface area contributed by atoms with Crippen molar-refractivity contribution < 1.29 is 19.7 Å². The fourth-order valence-corrected chi connectivity index (χ4v) is 1.89. The van der Waals surface area contributed by atoms with Crippen molar-refractivity contribution in [2.45, 2.75) is 44.8 Å². The van der Waals surface area contributed by atoms with Crippen molar-refractivity contribution in [2.24, 2.45) is 5.41 Å². The number of ether oxygens (including phenoxy) is 1. The highest BCUT2D eigenvalue weighted by molar-refractivity contribution is 5.73. The lowest BCUT2D eigenvalue weighted by Crippen LogP contribution is -2.37. The third-order valence-electron chi connectivity index (χ3n) is 3.04. The fraction of sp³-hybridized carbons (Fsp3) is 0.900. The summed E-state index contributed by atoms with van der Waals surface area (Å²) in [7, 11) is 1.60. The Morgan fingerprint density at radius 2 is 2.07 bits per heavy atom. The maximum absolute atomic E-state index is 10.7. The molecule has 0 spiro atoms. The van der Waals surface area contributed by atoms with E-state index in [2.05, 4.69) is 0 Å². The Bertz CT molecular complexity index is 230. The summed E-state index contributed by atoms with van der Waals surface area (Å²) in [5.74, 6) is -1.13. The Morgan fingerprint density at radius 3 is 2.36 bits per heavy atom. The SMILES string of the molecule is COC(C)(C)CC1(C(O)C(=O)O)CC1. The van der Waals surface area contributed by atoms with Crippen molar-refractivity contribution in [3.63, 3.8) is 0 Å². The predicted molar refractivity (Wildman–Crippen MR) is 51.0 cm³/mol. The summed E-state index contributed by atoms with van der Waals surface area (Å²) in [5.41, 5.74) is -0.821. The van der Waals surface area contributed by atoms with Gasteiger partial charge in [-0.1, -0.05) is 0 Å². The number of rotatable bonds is 5. The number of carboxylic acids is 1. The van der Waals surface area contributed by atoms with E-state index in [-0.39, 0.29) is 5.60 Å². The summed E-state index contributed by atoms with van der Waals surface area (Å²) in [6, 6.07) is 0. The van der Waals surface area contributed by atoms with Crippen LogP contribution in [0.3, 0.4) is 0 Å². The molecule has 0 amide bonds. The van der Waals surface area contributed by atoms with Gasteiger partial charge in [-0.05, 0) is 33.1 Å². The standard InChI is InChI=1S/C10H18O4/c1-9(2,14-3)6-10(4-5-10)7(11)8(12)13/h7,11H,4-6H2,1-3H3,(H,12,13). The molecule has 1 aliphatic carbocycles. The molecule has 0 radical (unpaired) electrons. The summed E-state index contributed by atoms with van der Waals surface area (Å²) in [4.78, 5) is 10.7. The molecule has 4 heteroatoms. The maximum Gasteiger partial charge on any atom is 0.333 e. The number of hydrogen-bond donors (Lipinski definition) is 2. The Morgan fingerprint density at radius 1 is 1.57 bits per heavy atom. The van der Waals surface area contributed by atoms with Gasteiger partial charge in [0.25, 0.3) is 0 Å². The molecule has 0 aromatic rings. The number of aliphatic hydroxyl groups is 1. The Balaban J connectivity index is 2.64. The highest BCUT2D eigenvalue weighted by atomic mass is 16.5. The van der Waals surface area contributed by atoms with E-state index in [4.69, 9.17) is 9.84 Å². The highest BCUT2D eigenvalue weighted by Gasteiger charge is 2.54. The highest BCUT2D eigenvalue weighted by Crippen LogP contribution is 2.54. The molecule has 82 valence electrons. The van der Waals surface area contributed by atoms with Crippen LogP contribution in [0.2, 0.25) is 0 Å². The Hall–Kier alpha value is -0.610. The number of hydrogen-bond acceptors (Lipinski definition) is 3. The lowest BCUT2D eigenvalue weighted by molar-refractivity contribution is -0.152. The van der Waals surface area contributed by atoms with Crippen LogP contribution in [0.5, 0.6) is 0 Å². The maximum atomic E-state index is 10.7. The summed E-state index contributed by atoms with van der Waals surface area (Å²) in [6.45, 7) is 3.81. The quantitative estimate of drug-likeness (QED) is 0.698. The largest absolute Gasteiger partial charge is 0.479 e. The van der Waals surface area contributed by atoms with Gasteiger partial charge in [-0.2, -0.15) is 0 Å². The number of aliphatic hydroxyl groups excluding tert-OH is 1. The van der Waals surface area contributed by atoms with E-state index in [1.165, 1.54) is 0 Å². The van der Waals surface area contributed by atoms with Gasteiger partial charge in [0.1, 0.15) is 0 Å². The van der Waals surface area contributed by atoms with Crippen molar-refractivity contribution in [1.29, 1.82) is 0 Å². The minimum atomic E-state index is -1.25. The Kier molecular flexibility index (Phi) is 2.88. The average molecular weight is 202 g/mol. The fourth-order valence-electron chi connectivity index (χ4n) is 1.89. The minimum absolute atomic E-state index is 0.368. The zero-order valence-electron chi connectivity index (χ0n) is 8.91. The van der Waals surface area contributed by atoms with E-state index in [0.29, 0.717) is 6.42 Å². The summed E-state index contributed by atoms with van der Waals surface area (Å²) >= 11 is 0. The van der Waals surface area contributed by atoms with Crippen LogP contribution in [0.25, 0.3) is 0 Å². The van der Waals surface area contributed by atoms with Crippen LogP contribution >= 0.6 is 0 Å². The number of methoxy groups -OCH3 is 1. The van der Waals surface area contributed by atoms with E-state index < -0.39 is 17.5 Å². The van der Waals surface area contributed by atoms with Crippen LogP contribution < -0.4 is 0 Å². The first kappa shape index (κ1) is 11.5. The van der Waals surface area contributed by atoms with Gasteiger partial charge in [-0.3, -0.25) is 0 Å². The summed E-state index contributed by atoms with van der Waals surface area (Å²) in [5, 5.41) is 18.3. The van der Waals surface area contributed by atoms with Gasteiger partial charge < -0.3 is 14.9 Å². The molecule has 0 saturated heterocycles. The number of aliphatic carboxylic acids is 1. The summed E-state index contributed by atoms with van der Waals surface area (Å²) < 4.78 is 5.24. The third kappa shape index (κ3) is 2.25. The van der Waals surface area contributed by atoms with Crippen LogP contribution in [0.15, 0.2) is 0 Å². The first-order valence-electron chi connectivity index (χ1n) is 4.79. The zero-order chi connectivity index (χ0) is 11.0. The van der Waals surface area contributed by atoms with Crippen molar-refractivity contribution >= 4 is 5.97 Å². The molecule has 14 heavy (non-hydrogen) atoms. The van der Waals surface area contributed by atoms with Gasteiger partial charge in [-0.15, -0.1) is 0 Å². The van der Waals surface area contributed by atoms with E-state index >= 15 is 0 Å². The van der Waals surface area contributed by atoms with Gasteiger partial charge in [0.05, 0.1) is 5.60 Å². The molecule has 1 rings (SSSR count). The molecule has 1 saturated carbocycles. The first-order chi connectivity index (χ1) is 6.33. The minimum Gasteiger partial charge on any atom is -0.479 e. The summed E-state index contributed by atoms with van der Waals surface area (Å²) in [6.07, 6.45) is 0.877. The molecular weight excluding hydrogens is 184 g/mol. The normalized spacial score (nSPS) is 21.7. The molecule has 1 aliphatic rings. The Labute approximate surface area is 83.9 Å². The lowest BCUT2D eigenvalue weighted by atomic mass is 9.86. The third-order valence-corrected chi connectivity index (χ3v) is 3.04. The lowest BCUT2D eigenvalue weighted by Gasteiger charge is -2.29. The zero-order valence-corrected chi connectivity index (χ0v) is 8.91. The molecule has 0 bridgehead atoms. The average Bonchev–Trinajstić information content (AvgIpc) is 2.83. The molecule has 1 atom stereocenters. The second kappa shape index (κ2) is 3.51. The van der Waals surface area contributed by atoms with E-state index in [9.17, 15) is 9.90 Å². The number of carbonyl (C=O) groups is 1. The second-order valence-electron chi connectivity index (χ2n) is 4.74.